The van der Waals surface area contributed by atoms with Gasteiger partial charge in [-0.05, 0) is 29.8 Å². The molecule has 0 aliphatic heterocycles. The number of aliphatic carboxylic acids is 1. The van der Waals surface area contributed by atoms with Crippen LogP contribution >= 0.6 is 11.6 Å². The maximum Gasteiger partial charge on any atom is 0.303 e. The Morgan fingerprint density at radius 3 is 2.36 bits per heavy atom. The Balaban J connectivity index is 1.95. The first-order chi connectivity index (χ1) is 12.0. The van der Waals surface area contributed by atoms with Gasteiger partial charge in [0.1, 0.15) is 5.75 Å². The van der Waals surface area contributed by atoms with Crippen LogP contribution in [-0.4, -0.2) is 29.3 Å². The van der Waals surface area contributed by atoms with E-state index in [1.807, 2.05) is 18.2 Å². The number of carboxylic acid groups (broad SMARTS) is 1. The van der Waals surface area contributed by atoms with Gasteiger partial charge >= 0.3 is 5.97 Å². The number of carbonyl (C=O) groups is 2. The molecule has 1 amide bonds. The van der Waals surface area contributed by atoms with Crippen LogP contribution in [0, 0.1) is 0 Å². The Labute approximate surface area is 150 Å². The van der Waals surface area contributed by atoms with Crippen molar-refractivity contribution in [2.75, 3.05) is 6.61 Å². The van der Waals surface area contributed by atoms with E-state index in [0.717, 1.165) is 5.56 Å². The molecule has 25 heavy (non-hydrogen) atoms. The normalized spacial score (nSPS) is 11.0. The second kappa shape index (κ2) is 9.44. The molecule has 0 unspecified atom stereocenters. The first-order valence-electron chi connectivity index (χ1n) is 7.55. The summed E-state index contributed by atoms with van der Waals surface area (Å²) in [4.78, 5) is 22.7. The van der Waals surface area contributed by atoms with Gasteiger partial charge in [0.2, 0.25) is 0 Å². The number of nitrogens with zero attached hydrogens (tertiary/aromatic N) is 1. The van der Waals surface area contributed by atoms with Crippen molar-refractivity contribution >= 4 is 29.2 Å². The zero-order valence-corrected chi connectivity index (χ0v) is 14.1. The van der Waals surface area contributed by atoms with E-state index in [4.69, 9.17) is 21.4 Å². The molecule has 130 valence electrons. The van der Waals surface area contributed by atoms with E-state index in [2.05, 4.69) is 10.5 Å². The standard InChI is InChI=1S/C18H17ClN2O4/c19-14-6-8-15(9-7-14)25-12-17(22)21-20-16(10-11-18(23)24)13-4-2-1-3-5-13/h1-9H,10-12H2,(H,21,22)(H,23,24)/b20-16+. The van der Waals surface area contributed by atoms with Gasteiger partial charge in [-0.25, -0.2) is 5.43 Å². The van der Waals surface area contributed by atoms with Crippen molar-refractivity contribution in [1.82, 2.24) is 5.43 Å². The highest BCUT2D eigenvalue weighted by Crippen LogP contribution is 2.15. The lowest BCUT2D eigenvalue weighted by Crippen LogP contribution is -2.26. The topological polar surface area (TPSA) is 88.0 Å². The molecule has 0 aliphatic carbocycles. The average Bonchev–Trinajstić information content (AvgIpc) is 2.62. The van der Waals surface area contributed by atoms with Crippen LogP contribution < -0.4 is 10.2 Å². The molecule has 7 heteroatoms. The van der Waals surface area contributed by atoms with Crippen LogP contribution in [0.25, 0.3) is 0 Å². The van der Waals surface area contributed by atoms with Crippen LogP contribution in [0.15, 0.2) is 59.7 Å². The van der Waals surface area contributed by atoms with Crippen molar-refractivity contribution in [3.63, 3.8) is 0 Å². The molecule has 2 aromatic carbocycles. The summed E-state index contributed by atoms with van der Waals surface area (Å²) in [7, 11) is 0. The number of hydrogen-bond donors (Lipinski definition) is 2. The highest BCUT2D eigenvalue weighted by atomic mass is 35.5. The Morgan fingerprint density at radius 1 is 1.04 bits per heavy atom. The van der Waals surface area contributed by atoms with Gasteiger partial charge in [-0.15, -0.1) is 0 Å². The molecule has 0 aliphatic rings. The minimum atomic E-state index is -0.930. The van der Waals surface area contributed by atoms with E-state index >= 15 is 0 Å². The largest absolute Gasteiger partial charge is 0.484 e. The summed E-state index contributed by atoms with van der Waals surface area (Å²) in [5.41, 5.74) is 3.63. The monoisotopic (exact) mass is 360 g/mol. The van der Waals surface area contributed by atoms with E-state index in [9.17, 15) is 9.59 Å². The minimum Gasteiger partial charge on any atom is -0.484 e. The molecule has 2 rings (SSSR count). The van der Waals surface area contributed by atoms with Crippen LogP contribution in [0.4, 0.5) is 0 Å². The summed E-state index contributed by atoms with van der Waals surface area (Å²) >= 11 is 5.77. The number of carboxylic acids is 1. The fourth-order valence-electron chi connectivity index (χ4n) is 1.96. The van der Waals surface area contributed by atoms with Gasteiger partial charge in [0.25, 0.3) is 5.91 Å². The second-order valence-corrected chi connectivity index (χ2v) is 5.53. The molecule has 0 fully saturated rings. The summed E-state index contributed by atoms with van der Waals surface area (Å²) in [6.45, 7) is -0.216. The maximum absolute atomic E-state index is 11.9. The van der Waals surface area contributed by atoms with Gasteiger partial charge < -0.3 is 9.84 Å². The zero-order valence-electron chi connectivity index (χ0n) is 13.3. The van der Waals surface area contributed by atoms with E-state index in [1.54, 1.807) is 36.4 Å². The number of carbonyl (C=O) groups excluding carboxylic acids is 1. The third-order valence-electron chi connectivity index (χ3n) is 3.18. The van der Waals surface area contributed by atoms with Gasteiger partial charge in [0.05, 0.1) is 12.1 Å². The van der Waals surface area contributed by atoms with Crippen LogP contribution in [0.1, 0.15) is 18.4 Å². The summed E-state index contributed by atoms with van der Waals surface area (Å²) in [6.07, 6.45) is 0.128. The molecule has 0 atom stereocenters. The molecule has 2 N–H and O–H groups in total. The van der Waals surface area contributed by atoms with Crippen molar-refractivity contribution in [3.8, 4) is 5.75 Å². The van der Waals surface area contributed by atoms with E-state index < -0.39 is 11.9 Å². The third kappa shape index (κ3) is 6.64. The molecular weight excluding hydrogens is 344 g/mol. The van der Waals surface area contributed by atoms with Crippen LogP contribution in [-0.2, 0) is 9.59 Å². The summed E-state index contributed by atoms with van der Waals surface area (Å²) in [5, 5.41) is 13.5. The molecule has 2 aromatic rings. The van der Waals surface area contributed by atoms with Crippen LogP contribution in [0.5, 0.6) is 5.75 Å². The summed E-state index contributed by atoms with van der Waals surface area (Å²) in [5.74, 6) is -0.863. The summed E-state index contributed by atoms with van der Waals surface area (Å²) in [6, 6.07) is 15.7. The first-order valence-corrected chi connectivity index (χ1v) is 7.93. The highest BCUT2D eigenvalue weighted by Gasteiger charge is 2.08. The lowest BCUT2D eigenvalue weighted by atomic mass is 10.1. The number of ether oxygens (including phenoxy) is 1. The van der Waals surface area contributed by atoms with E-state index in [1.165, 1.54) is 0 Å². The molecule has 0 bridgehead atoms. The number of rotatable bonds is 8. The Bertz CT molecular complexity index is 745. The Morgan fingerprint density at radius 2 is 1.72 bits per heavy atom. The SMILES string of the molecule is O=C(O)CC/C(=N\NC(=O)COc1ccc(Cl)cc1)c1ccccc1. The van der Waals surface area contributed by atoms with Crippen molar-refractivity contribution in [2.24, 2.45) is 5.10 Å². The molecule has 0 saturated heterocycles. The van der Waals surface area contributed by atoms with Crippen molar-refractivity contribution in [3.05, 3.63) is 65.2 Å². The zero-order chi connectivity index (χ0) is 18.1. The molecular formula is C18H17ClN2O4. The molecule has 0 radical (unpaired) electrons. The van der Waals surface area contributed by atoms with Crippen LogP contribution in [0.2, 0.25) is 5.02 Å². The van der Waals surface area contributed by atoms with Gasteiger partial charge in [0, 0.05) is 11.4 Å². The maximum atomic E-state index is 11.9. The number of nitrogens with one attached hydrogen (secondary N) is 1. The minimum absolute atomic E-state index is 0.0785. The van der Waals surface area contributed by atoms with Crippen LogP contribution in [0.3, 0.4) is 0 Å². The number of hydrogen-bond acceptors (Lipinski definition) is 4. The smallest absolute Gasteiger partial charge is 0.303 e. The molecule has 0 aromatic heterocycles. The van der Waals surface area contributed by atoms with E-state index in [-0.39, 0.29) is 19.4 Å². The fraction of sp³-hybridized carbons (Fsp3) is 0.167. The molecule has 0 heterocycles. The summed E-state index contributed by atoms with van der Waals surface area (Å²) < 4.78 is 5.32. The number of halogens is 1. The Kier molecular flexibility index (Phi) is 6.98. The lowest BCUT2D eigenvalue weighted by Gasteiger charge is -2.08. The quantitative estimate of drug-likeness (QED) is 0.559. The first kappa shape index (κ1) is 18.5. The molecule has 6 nitrogen and oxygen atoms in total. The number of amides is 1. The average molecular weight is 361 g/mol. The molecule has 0 saturated carbocycles. The number of hydrazone groups is 1. The predicted molar refractivity (Wildman–Crippen MR) is 94.9 cm³/mol. The van der Waals surface area contributed by atoms with Crippen molar-refractivity contribution in [1.29, 1.82) is 0 Å². The third-order valence-corrected chi connectivity index (χ3v) is 3.43. The second-order valence-electron chi connectivity index (χ2n) is 5.10. The van der Waals surface area contributed by atoms with Crippen molar-refractivity contribution in [2.45, 2.75) is 12.8 Å². The molecule has 0 spiro atoms. The van der Waals surface area contributed by atoms with Gasteiger partial charge in [-0.1, -0.05) is 41.9 Å². The van der Waals surface area contributed by atoms with Gasteiger partial charge in [-0.3, -0.25) is 9.59 Å². The van der Waals surface area contributed by atoms with Gasteiger partial charge in [-0.2, -0.15) is 5.10 Å². The van der Waals surface area contributed by atoms with E-state index in [0.29, 0.717) is 16.5 Å². The van der Waals surface area contributed by atoms with Gasteiger partial charge in [0.15, 0.2) is 6.61 Å². The highest BCUT2D eigenvalue weighted by molar-refractivity contribution is 6.30. The number of benzene rings is 2. The van der Waals surface area contributed by atoms with Crippen molar-refractivity contribution < 1.29 is 19.4 Å². The Hall–Kier alpha value is -2.86. The predicted octanol–water partition coefficient (Wildman–Crippen LogP) is 3.10. The fourth-order valence-corrected chi connectivity index (χ4v) is 2.09. The lowest BCUT2D eigenvalue weighted by molar-refractivity contribution is -0.136.